The zero-order valence-corrected chi connectivity index (χ0v) is 13.2. The van der Waals surface area contributed by atoms with Crippen LogP contribution in [0.2, 0.25) is 0 Å². The average Bonchev–Trinajstić information content (AvgIpc) is 2.47. The zero-order chi connectivity index (χ0) is 15.9. The molecule has 0 unspecified atom stereocenters. The molecule has 2 N–H and O–H groups in total. The molecule has 0 radical (unpaired) electrons. The molecule has 0 aromatic heterocycles. The van der Waals surface area contributed by atoms with Crippen molar-refractivity contribution in [3.8, 4) is 0 Å². The van der Waals surface area contributed by atoms with Crippen molar-refractivity contribution < 1.29 is 19.8 Å². The van der Waals surface area contributed by atoms with Crippen molar-refractivity contribution in [1.82, 2.24) is 0 Å². The van der Waals surface area contributed by atoms with Gasteiger partial charge in [0.15, 0.2) is 0 Å². The lowest BCUT2D eigenvalue weighted by Crippen LogP contribution is -1.99. The lowest BCUT2D eigenvalue weighted by Gasteiger charge is -2.04. The zero-order valence-electron chi connectivity index (χ0n) is 11.6. The average molecular weight is 334 g/mol. The van der Waals surface area contributed by atoms with Crippen LogP contribution in [0.5, 0.6) is 0 Å². The van der Waals surface area contributed by atoms with Gasteiger partial charge in [-0.1, -0.05) is 45.9 Å². The number of aliphatic carboxylic acids is 2. The van der Waals surface area contributed by atoms with Gasteiger partial charge in [-0.05, 0) is 35.4 Å². The Kier molecular flexibility index (Phi) is 5.91. The Labute approximate surface area is 136 Å². The molecule has 0 saturated carbocycles. The summed E-state index contributed by atoms with van der Waals surface area (Å²) >= 11 is 0. The molecule has 22 heavy (non-hydrogen) atoms. The summed E-state index contributed by atoms with van der Waals surface area (Å²) in [5.41, 5.74) is 1.56. The van der Waals surface area contributed by atoms with Gasteiger partial charge in [0, 0.05) is 9.79 Å². The van der Waals surface area contributed by atoms with Crippen LogP contribution in [0.3, 0.4) is 0 Å². The third-order valence-electron chi connectivity index (χ3n) is 2.79. The minimum Gasteiger partial charge on any atom is -0.481 e. The normalized spacial score (nSPS) is 10.4. The molecule has 114 valence electrons. The van der Waals surface area contributed by atoms with E-state index in [0.717, 1.165) is 20.9 Å². The molecule has 0 heterocycles. The van der Waals surface area contributed by atoms with Crippen molar-refractivity contribution in [2.75, 3.05) is 0 Å². The van der Waals surface area contributed by atoms with Gasteiger partial charge in [-0.2, -0.15) is 0 Å². The fraction of sp³-hybridized carbons (Fsp3) is 0.125. The Morgan fingerprint density at radius 2 is 1.00 bits per heavy atom. The topological polar surface area (TPSA) is 74.6 Å². The quantitative estimate of drug-likeness (QED) is 0.751. The molecule has 0 fully saturated rings. The van der Waals surface area contributed by atoms with Gasteiger partial charge in [-0.15, -0.1) is 0 Å². The minimum atomic E-state index is -0.837. The van der Waals surface area contributed by atoms with E-state index in [1.54, 1.807) is 21.6 Å². The van der Waals surface area contributed by atoms with E-state index in [0.29, 0.717) is 0 Å². The Morgan fingerprint density at radius 1 is 0.682 bits per heavy atom. The molecule has 2 aromatic rings. The van der Waals surface area contributed by atoms with E-state index in [1.807, 2.05) is 48.5 Å². The van der Waals surface area contributed by atoms with Gasteiger partial charge in [0.25, 0.3) is 0 Å². The first kappa shape index (κ1) is 16.5. The van der Waals surface area contributed by atoms with Crippen LogP contribution in [-0.4, -0.2) is 22.2 Å². The largest absolute Gasteiger partial charge is 0.481 e. The monoisotopic (exact) mass is 334 g/mol. The van der Waals surface area contributed by atoms with E-state index in [4.69, 9.17) is 10.2 Å². The number of hydrogen-bond acceptors (Lipinski definition) is 4. The lowest BCUT2D eigenvalue weighted by molar-refractivity contribution is -0.137. The SMILES string of the molecule is O=C(O)Cc1ccc(SSc2ccc(CC(=O)O)cc2)cc1. The van der Waals surface area contributed by atoms with E-state index in [9.17, 15) is 9.59 Å². The van der Waals surface area contributed by atoms with Crippen LogP contribution in [0.1, 0.15) is 11.1 Å². The lowest BCUT2D eigenvalue weighted by atomic mass is 10.2. The molecule has 0 saturated heterocycles. The first-order chi connectivity index (χ1) is 10.5. The van der Waals surface area contributed by atoms with E-state index in [1.165, 1.54) is 0 Å². The van der Waals surface area contributed by atoms with E-state index in [2.05, 4.69) is 0 Å². The molecule has 2 aromatic carbocycles. The number of hydrogen-bond donors (Lipinski definition) is 2. The Balaban J connectivity index is 1.89. The van der Waals surface area contributed by atoms with E-state index in [-0.39, 0.29) is 12.8 Å². The molecule has 0 bridgehead atoms. The third-order valence-corrected chi connectivity index (χ3v) is 5.21. The Morgan fingerprint density at radius 3 is 1.27 bits per heavy atom. The fourth-order valence-electron chi connectivity index (χ4n) is 1.77. The summed E-state index contributed by atoms with van der Waals surface area (Å²) in [4.78, 5) is 23.3. The smallest absolute Gasteiger partial charge is 0.307 e. The fourth-order valence-corrected chi connectivity index (χ4v) is 3.70. The molecule has 0 aliphatic carbocycles. The molecule has 0 spiro atoms. The number of carbonyl (C=O) groups is 2. The van der Waals surface area contributed by atoms with Crippen LogP contribution in [0.15, 0.2) is 58.3 Å². The van der Waals surface area contributed by atoms with Gasteiger partial charge in [-0.25, -0.2) is 0 Å². The predicted octanol–water partition coefficient (Wildman–Crippen LogP) is 3.74. The van der Waals surface area contributed by atoms with E-state index < -0.39 is 11.9 Å². The molecular formula is C16H14O4S2. The van der Waals surface area contributed by atoms with Gasteiger partial charge >= 0.3 is 11.9 Å². The third kappa shape index (κ3) is 5.46. The Hall–Kier alpha value is -1.92. The summed E-state index contributed by atoms with van der Waals surface area (Å²) in [5, 5.41) is 17.4. The molecule has 6 heteroatoms. The molecule has 0 amide bonds. The second-order valence-corrected chi connectivity index (χ2v) is 6.87. The summed E-state index contributed by atoms with van der Waals surface area (Å²) < 4.78 is 0. The van der Waals surface area contributed by atoms with Crippen LogP contribution in [0.25, 0.3) is 0 Å². The first-order valence-electron chi connectivity index (χ1n) is 6.49. The predicted molar refractivity (Wildman–Crippen MR) is 87.3 cm³/mol. The number of carboxylic acid groups (broad SMARTS) is 2. The molecule has 4 nitrogen and oxygen atoms in total. The van der Waals surface area contributed by atoms with Crippen molar-refractivity contribution in [1.29, 1.82) is 0 Å². The highest BCUT2D eigenvalue weighted by molar-refractivity contribution is 8.76. The van der Waals surface area contributed by atoms with Crippen molar-refractivity contribution in [2.24, 2.45) is 0 Å². The van der Waals surface area contributed by atoms with Crippen molar-refractivity contribution >= 4 is 33.5 Å². The molecule has 0 aliphatic heterocycles. The van der Waals surface area contributed by atoms with E-state index >= 15 is 0 Å². The van der Waals surface area contributed by atoms with Crippen molar-refractivity contribution in [2.45, 2.75) is 22.6 Å². The van der Waals surface area contributed by atoms with Crippen LogP contribution in [0, 0.1) is 0 Å². The maximum absolute atomic E-state index is 10.6. The van der Waals surface area contributed by atoms with Gasteiger partial charge in [-0.3, -0.25) is 9.59 Å². The number of rotatable bonds is 7. The van der Waals surface area contributed by atoms with Gasteiger partial charge in [0.1, 0.15) is 0 Å². The van der Waals surface area contributed by atoms with Crippen LogP contribution in [-0.2, 0) is 22.4 Å². The highest BCUT2D eigenvalue weighted by Crippen LogP contribution is 2.37. The van der Waals surface area contributed by atoms with Gasteiger partial charge in [0.05, 0.1) is 12.8 Å². The highest BCUT2D eigenvalue weighted by atomic mass is 33.1. The number of benzene rings is 2. The van der Waals surface area contributed by atoms with Crippen LogP contribution in [0.4, 0.5) is 0 Å². The summed E-state index contributed by atoms with van der Waals surface area (Å²) in [7, 11) is 3.15. The summed E-state index contributed by atoms with van der Waals surface area (Å²) in [5.74, 6) is -1.67. The first-order valence-corrected chi connectivity index (χ1v) is 8.64. The summed E-state index contributed by atoms with van der Waals surface area (Å²) in [6.07, 6.45) is 0.0618. The molecular weight excluding hydrogens is 320 g/mol. The van der Waals surface area contributed by atoms with Crippen molar-refractivity contribution in [3.63, 3.8) is 0 Å². The van der Waals surface area contributed by atoms with Crippen LogP contribution >= 0.6 is 21.6 Å². The Bertz CT molecular complexity index is 591. The second-order valence-electron chi connectivity index (χ2n) is 4.60. The molecule has 0 aliphatic rings. The minimum absolute atomic E-state index is 0.0309. The molecule has 0 atom stereocenters. The van der Waals surface area contributed by atoms with Crippen LogP contribution < -0.4 is 0 Å². The molecule has 2 rings (SSSR count). The van der Waals surface area contributed by atoms with Crippen molar-refractivity contribution in [3.05, 3.63) is 59.7 Å². The van der Waals surface area contributed by atoms with Gasteiger partial charge in [0.2, 0.25) is 0 Å². The summed E-state index contributed by atoms with van der Waals surface area (Å²) in [6.45, 7) is 0. The maximum atomic E-state index is 10.6. The van der Waals surface area contributed by atoms with Gasteiger partial charge < -0.3 is 10.2 Å². The second kappa shape index (κ2) is 7.91. The highest BCUT2D eigenvalue weighted by Gasteiger charge is 2.03. The maximum Gasteiger partial charge on any atom is 0.307 e. The number of carboxylic acids is 2. The summed E-state index contributed by atoms with van der Waals surface area (Å²) in [6, 6.07) is 14.8. The standard InChI is InChI=1S/C16H14O4S2/c17-15(18)9-11-1-5-13(6-2-11)21-22-14-7-3-12(4-8-14)10-16(19)20/h1-8H,9-10H2,(H,17,18)(H,19,20).